The van der Waals surface area contributed by atoms with E-state index in [0.29, 0.717) is 35.9 Å². The van der Waals surface area contributed by atoms with E-state index < -0.39 is 0 Å². The lowest BCUT2D eigenvalue weighted by Crippen LogP contribution is -2.50. The van der Waals surface area contributed by atoms with Crippen LogP contribution in [-0.2, 0) is 9.59 Å². The van der Waals surface area contributed by atoms with E-state index in [2.05, 4.69) is 0 Å². The molecule has 0 aromatic carbocycles. The molecule has 4 aliphatic rings. The van der Waals surface area contributed by atoms with Crippen LogP contribution >= 0.6 is 0 Å². The molecule has 4 aliphatic carbocycles. The molecule has 4 nitrogen and oxygen atoms in total. The lowest BCUT2D eigenvalue weighted by molar-refractivity contribution is -0.143. The van der Waals surface area contributed by atoms with Crippen molar-refractivity contribution in [2.24, 2.45) is 41.4 Å². The van der Waals surface area contributed by atoms with Gasteiger partial charge >= 0.3 is 0 Å². The summed E-state index contributed by atoms with van der Waals surface area (Å²) in [6, 6.07) is 0. The fourth-order valence-electron chi connectivity index (χ4n) is 6.74. The van der Waals surface area contributed by atoms with Crippen LogP contribution in [0.3, 0.4) is 0 Å². The van der Waals surface area contributed by atoms with Crippen LogP contribution in [0.4, 0.5) is 0 Å². The zero-order chi connectivity index (χ0) is 16.1. The number of rotatable bonds is 2. The van der Waals surface area contributed by atoms with E-state index in [1.54, 1.807) is 0 Å². The molecule has 0 saturated heterocycles. The molecule has 0 spiro atoms. The number of aliphatic hydroxyl groups is 2. The molecule has 0 aromatic heterocycles. The Morgan fingerprint density at radius 2 is 1.70 bits per heavy atom. The Bertz CT molecular complexity index is 502. The number of carbonyl (C=O) groups is 2. The first kappa shape index (κ1) is 15.8. The van der Waals surface area contributed by atoms with E-state index in [4.69, 9.17) is 0 Å². The first-order valence-corrected chi connectivity index (χ1v) is 9.44. The van der Waals surface area contributed by atoms with Crippen molar-refractivity contribution in [2.75, 3.05) is 6.61 Å². The van der Waals surface area contributed by atoms with Gasteiger partial charge in [0.05, 0.1) is 6.10 Å². The third kappa shape index (κ3) is 2.49. The summed E-state index contributed by atoms with van der Waals surface area (Å²) in [4.78, 5) is 24.9. The van der Waals surface area contributed by atoms with Gasteiger partial charge in [-0.2, -0.15) is 0 Å². The number of hydrogen-bond donors (Lipinski definition) is 2. The predicted octanol–water partition coefficient (Wildman–Crippen LogP) is 1.97. The van der Waals surface area contributed by atoms with E-state index >= 15 is 0 Å². The Morgan fingerprint density at radius 1 is 0.957 bits per heavy atom. The molecule has 0 heterocycles. The van der Waals surface area contributed by atoms with Crippen molar-refractivity contribution < 1.29 is 19.8 Å². The maximum absolute atomic E-state index is 12.9. The summed E-state index contributed by atoms with van der Waals surface area (Å²) in [6.07, 6.45) is 7.23. The highest BCUT2D eigenvalue weighted by molar-refractivity contribution is 5.86. The summed E-state index contributed by atoms with van der Waals surface area (Å²) >= 11 is 0. The normalized spacial score (nSPS) is 49.2. The zero-order valence-electron chi connectivity index (χ0n) is 13.7. The van der Waals surface area contributed by atoms with Crippen LogP contribution in [0.2, 0.25) is 0 Å². The first-order valence-electron chi connectivity index (χ1n) is 9.44. The molecular formula is C19H28O4. The van der Waals surface area contributed by atoms with Crippen LogP contribution in [0.15, 0.2) is 0 Å². The molecule has 4 rings (SSSR count). The van der Waals surface area contributed by atoms with Gasteiger partial charge < -0.3 is 10.2 Å². The molecular weight excluding hydrogens is 292 g/mol. The molecule has 23 heavy (non-hydrogen) atoms. The average Bonchev–Trinajstić information content (AvgIpc) is 2.97. The van der Waals surface area contributed by atoms with Crippen molar-refractivity contribution in [2.45, 2.75) is 57.5 Å². The largest absolute Gasteiger partial charge is 0.393 e. The van der Waals surface area contributed by atoms with E-state index in [9.17, 15) is 19.8 Å². The molecule has 8 atom stereocenters. The molecule has 0 bridgehead atoms. The molecule has 0 aromatic rings. The van der Waals surface area contributed by atoms with Crippen molar-refractivity contribution >= 4 is 11.6 Å². The second kappa shape index (κ2) is 5.96. The Kier molecular flexibility index (Phi) is 4.09. The zero-order valence-corrected chi connectivity index (χ0v) is 13.7. The van der Waals surface area contributed by atoms with Gasteiger partial charge in [-0.3, -0.25) is 9.59 Å². The Hall–Kier alpha value is -0.740. The number of aliphatic hydroxyl groups excluding tert-OH is 2. The van der Waals surface area contributed by atoms with E-state index in [0.717, 1.165) is 44.9 Å². The smallest absolute Gasteiger partial charge is 0.161 e. The molecule has 128 valence electrons. The summed E-state index contributed by atoms with van der Waals surface area (Å²) in [5, 5.41) is 19.1. The quantitative estimate of drug-likeness (QED) is 0.816. The molecule has 2 N–H and O–H groups in total. The second-order valence-electron chi connectivity index (χ2n) is 8.46. The van der Waals surface area contributed by atoms with Gasteiger partial charge in [0.2, 0.25) is 0 Å². The molecule has 6 unspecified atom stereocenters. The number of Topliss-reactive ketones (excluding diaryl/α,β-unsaturated/α-hetero) is 2. The topological polar surface area (TPSA) is 74.6 Å². The van der Waals surface area contributed by atoms with Gasteiger partial charge in [0, 0.05) is 18.3 Å². The average molecular weight is 320 g/mol. The standard InChI is InChI=1S/C19H28O4/c20-9-18(23)14-6-5-13-15-3-1-10-7-11(21)2-4-12(10)19(15)17(22)8-16(13)14/h10-16,19-21H,1-9H2/t10-,11-,12?,13?,14?,15?,16?,19?/m1/s1. The third-order valence-electron chi connectivity index (χ3n) is 7.61. The van der Waals surface area contributed by atoms with Crippen LogP contribution < -0.4 is 0 Å². The molecule has 0 amide bonds. The highest BCUT2D eigenvalue weighted by Crippen LogP contribution is 2.58. The lowest BCUT2D eigenvalue weighted by atomic mass is 9.52. The van der Waals surface area contributed by atoms with Crippen LogP contribution in [-0.4, -0.2) is 34.5 Å². The van der Waals surface area contributed by atoms with Gasteiger partial charge in [-0.05, 0) is 74.5 Å². The Morgan fingerprint density at radius 3 is 2.48 bits per heavy atom. The van der Waals surface area contributed by atoms with Crippen molar-refractivity contribution in [1.29, 1.82) is 0 Å². The highest BCUT2D eigenvalue weighted by Gasteiger charge is 2.55. The van der Waals surface area contributed by atoms with Gasteiger partial charge in [0.25, 0.3) is 0 Å². The molecule has 0 radical (unpaired) electrons. The number of carbonyl (C=O) groups excluding carboxylic acids is 2. The van der Waals surface area contributed by atoms with Crippen LogP contribution in [0.25, 0.3) is 0 Å². The van der Waals surface area contributed by atoms with Crippen molar-refractivity contribution in [1.82, 2.24) is 0 Å². The van der Waals surface area contributed by atoms with Crippen molar-refractivity contribution in [3.05, 3.63) is 0 Å². The lowest BCUT2D eigenvalue weighted by Gasteiger charge is -2.51. The molecule has 4 heteroatoms. The molecule has 0 aliphatic heterocycles. The monoisotopic (exact) mass is 320 g/mol. The summed E-state index contributed by atoms with van der Waals surface area (Å²) in [5.74, 6) is 2.56. The predicted molar refractivity (Wildman–Crippen MR) is 84.5 cm³/mol. The van der Waals surface area contributed by atoms with E-state index in [-0.39, 0.29) is 36.2 Å². The molecule has 4 saturated carbocycles. The summed E-state index contributed by atoms with van der Waals surface area (Å²) in [6.45, 7) is -0.376. The number of hydrogen-bond acceptors (Lipinski definition) is 4. The fourth-order valence-corrected chi connectivity index (χ4v) is 6.74. The third-order valence-corrected chi connectivity index (χ3v) is 7.61. The van der Waals surface area contributed by atoms with Gasteiger partial charge in [-0.15, -0.1) is 0 Å². The summed E-state index contributed by atoms with van der Waals surface area (Å²) < 4.78 is 0. The van der Waals surface area contributed by atoms with Gasteiger partial charge in [0.15, 0.2) is 5.78 Å². The minimum atomic E-state index is -0.376. The summed E-state index contributed by atoms with van der Waals surface area (Å²) in [7, 11) is 0. The van der Waals surface area contributed by atoms with E-state index in [1.807, 2.05) is 0 Å². The minimum absolute atomic E-state index is 0.0572. The van der Waals surface area contributed by atoms with Crippen molar-refractivity contribution in [3.63, 3.8) is 0 Å². The van der Waals surface area contributed by atoms with Crippen LogP contribution in [0, 0.1) is 41.4 Å². The maximum atomic E-state index is 12.9. The summed E-state index contributed by atoms with van der Waals surface area (Å²) in [5.41, 5.74) is 0. The molecule has 4 fully saturated rings. The Labute approximate surface area is 137 Å². The second-order valence-corrected chi connectivity index (χ2v) is 8.46. The van der Waals surface area contributed by atoms with Crippen molar-refractivity contribution in [3.8, 4) is 0 Å². The maximum Gasteiger partial charge on any atom is 0.161 e. The first-order chi connectivity index (χ1) is 11.1. The Balaban J connectivity index is 1.56. The van der Waals surface area contributed by atoms with Crippen LogP contribution in [0.5, 0.6) is 0 Å². The number of ketones is 2. The van der Waals surface area contributed by atoms with Gasteiger partial charge in [0.1, 0.15) is 12.4 Å². The SMILES string of the molecule is O=C(CO)C1CCC2C1CC(=O)C1C2CC[C@@H]2C[C@H](O)CCC12. The van der Waals surface area contributed by atoms with E-state index in [1.165, 1.54) is 0 Å². The number of fused-ring (bicyclic) bond motifs is 5. The highest BCUT2D eigenvalue weighted by atomic mass is 16.3. The van der Waals surface area contributed by atoms with Gasteiger partial charge in [-0.1, -0.05) is 0 Å². The minimum Gasteiger partial charge on any atom is -0.393 e. The van der Waals surface area contributed by atoms with Crippen LogP contribution in [0.1, 0.15) is 51.4 Å². The fraction of sp³-hybridized carbons (Fsp3) is 0.895. The van der Waals surface area contributed by atoms with Gasteiger partial charge in [-0.25, -0.2) is 0 Å².